The average Bonchev–Trinajstić information content (AvgIpc) is 3.04. The number of methoxy groups -OCH3 is 2. The maximum absolute atomic E-state index is 12.7. The van der Waals surface area contributed by atoms with Crippen molar-refractivity contribution in [1.29, 1.82) is 0 Å². The van der Waals surface area contributed by atoms with E-state index in [1.807, 2.05) is 67.6 Å². The highest BCUT2D eigenvalue weighted by Crippen LogP contribution is 2.35. The fraction of sp³-hybridized carbons (Fsp3) is 0.250. The molecular formula is C28H30N4O4S. The number of urea groups is 1. The molecule has 0 saturated carbocycles. The van der Waals surface area contributed by atoms with Gasteiger partial charge in [0.25, 0.3) is 0 Å². The first kappa shape index (κ1) is 26.1. The van der Waals surface area contributed by atoms with E-state index in [2.05, 4.69) is 10.6 Å². The summed E-state index contributed by atoms with van der Waals surface area (Å²) in [7, 11) is 4.81. The number of anilines is 1. The van der Waals surface area contributed by atoms with Crippen molar-refractivity contribution < 1.29 is 19.1 Å². The van der Waals surface area contributed by atoms with Crippen LogP contribution in [0.25, 0.3) is 0 Å². The van der Waals surface area contributed by atoms with Crippen molar-refractivity contribution in [3.8, 4) is 11.5 Å². The highest BCUT2D eigenvalue weighted by atomic mass is 32.2. The second-order valence-electron chi connectivity index (χ2n) is 8.60. The third-order valence-electron chi connectivity index (χ3n) is 5.97. The monoisotopic (exact) mass is 518 g/mol. The van der Waals surface area contributed by atoms with Gasteiger partial charge < -0.3 is 20.1 Å². The number of carbonyl (C=O) groups excluding carboxylic acids is 2. The highest BCUT2D eigenvalue weighted by molar-refractivity contribution is 7.99. The average molecular weight is 519 g/mol. The number of hydrazone groups is 1. The quantitative estimate of drug-likeness (QED) is 0.471. The zero-order valence-corrected chi connectivity index (χ0v) is 22.3. The summed E-state index contributed by atoms with van der Waals surface area (Å²) in [6.45, 7) is 3.46. The Morgan fingerprint density at radius 2 is 1.57 bits per heavy atom. The molecule has 0 aromatic heterocycles. The Balaban J connectivity index is 1.69. The van der Waals surface area contributed by atoms with Crippen LogP contribution in [0.1, 0.15) is 30.5 Å². The van der Waals surface area contributed by atoms with Gasteiger partial charge >= 0.3 is 6.03 Å². The van der Waals surface area contributed by atoms with E-state index in [1.54, 1.807) is 33.0 Å². The second kappa shape index (κ2) is 11.4. The van der Waals surface area contributed by atoms with Gasteiger partial charge in [0, 0.05) is 40.6 Å². The van der Waals surface area contributed by atoms with Crippen LogP contribution in [-0.4, -0.2) is 50.0 Å². The number of fused-ring (bicyclic) bond motifs is 1. The summed E-state index contributed by atoms with van der Waals surface area (Å²) in [6, 6.07) is 19.2. The Morgan fingerprint density at radius 3 is 2.14 bits per heavy atom. The number of benzene rings is 3. The van der Waals surface area contributed by atoms with Crippen molar-refractivity contribution in [2.45, 2.75) is 36.1 Å². The number of hydrogen-bond acceptors (Lipinski definition) is 6. The number of ether oxygens (including phenoxy) is 2. The van der Waals surface area contributed by atoms with E-state index in [-0.39, 0.29) is 18.0 Å². The predicted molar refractivity (Wildman–Crippen MR) is 146 cm³/mol. The van der Waals surface area contributed by atoms with E-state index in [1.165, 1.54) is 11.9 Å². The van der Waals surface area contributed by atoms with Crippen LogP contribution in [0, 0.1) is 0 Å². The first-order valence-electron chi connectivity index (χ1n) is 11.8. The third kappa shape index (κ3) is 5.89. The number of nitrogens with one attached hydrogen (secondary N) is 2. The highest BCUT2D eigenvalue weighted by Gasteiger charge is 2.28. The fourth-order valence-corrected chi connectivity index (χ4v) is 4.99. The summed E-state index contributed by atoms with van der Waals surface area (Å²) < 4.78 is 11.1. The minimum absolute atomic E-state index is 0.0977. The molecule has 3 aromatic carbocycles. The van der Waals surface area contributed by atoms with Crippen LogP contribution in [0.15, 0.2) is 75.6 Å². The van der Waals surface area contributed by atoms with Crippen molar-refractivity contribution >= 4 is 35.1 Å². The standard InChI is InChI=1S/C28H30N4O4S/c1-17-14-20-15-25(35-4)26(36-5)16-24(20)27(31-32(17)28(34)29-3)19-6-10-22(11-7-19)37-23-12-8-21(9-13-23)30-18(2)33/h6-13,15-17H,14H2,1-5H3,(H,29,34)(H,30,33)/t17-/m0/s1. The molecule has 3 amide bonds. The largest absolute Gasteiger partial charge is 0.493 e. The molecule has 0 unspecified atom stereocenters. The molecule has 8 nitrogen and oxygen atoms in total. The fourth-order valence-electron chi connectivity index (χ4n) is 4.18. The van der Waals surface area contributed by atoms with Gasteiger partial charge in [-0.2, -0.15) is 5.10 Å². The Kier molecular flexibility index (Phi) is 8.03. The molecule has 2 N–H and O–H groups in total. The molecule has 3 aromatic rings. The molecule has 0 aliphatic carbocycles. The van der Waals surface area contributed by atoms with E-state index < -0.39 is 0 Å². The number of carbonyl (C=O) groups is 2. The predicted octanol–water partition coefficient (Wildman–Crippen LogP) is 5.15. The lowest BCUT2D eigenvalue weighted by atomic mass is 9.94. The molecule has 0 radical (unpaired) electrons. The van der Waals surface area contributed by atoms with Crippen molar-refractivity contribution in [2.24, 2.45) is 5.10 Å². The van der Waals surface area contributed by atoms with Crippen molar-refractivity contribution in [2.75, 3.05) is 26.6 Å². The smallest absolute Gasteiger partial charge is 0.337 e. The zero-order chi connectivity index (χ0) is 26.5. The van der Waals surface area contributed by atoms with Gasteiger partial charge in [0.1, 0.15) is 0 Å². The van der Waals surface area contributed by atoms with Crippen LogP contribution >= 0.6 is 11.8 Å². The zero-order valence-electron chi connectivity index (χ0n) is 21.5. The molecule has 192 valence electrons. The van der Waals surface area contributed by atoms with Gasteiger partial charge in [-0.25, -0.2) is 9.80 Å². The third-order valence-corrected chi connectivity index (χ3v) is 6.98. The van der Waals surface area contributed by atoms with E-state index >= 15 is 0 Å². The van der Waals surface area contributed by atoms with E-state index in [9.17, 15) is 9.59 Å². The van der Waals surface area contributed by atoms with Crippen molar-refractivity contribution in [3.05, 3.63) is 77.4 Å². The lowest BCUT2D eigenvalue weighted by Crippen LogP contribution is -2.41. The molecule has 1 aliphatic rings. The summed E-state index contributed by atoms with van der Waals surface area (Å²) in [4.78, 5) is 26.0. The summed E-state index contributed by atoms with van der Waals surface area (Å²) in [5, 5.41) is 11.8. The van der Waals surface area contributed by atoms with Crippen LogP contribution in [0.3, 0.4) is 0 Å². The molecule has 1 aliphatic heterocycles. The molecular weight excluding hydrogens is 488 g/mol. The molecule has 0 fully saturated rings. The Hall–Kier alpha value is -3.98. The molecule has 1 heterocycles. The Labute approximate surface area is 221 Å². The van der Waals surface area contributed by atoms with E-state index in [0.717, 1.165) is 32.2 Å². The summed E-state index contributed by atoms with van der Waals surface area (Å²) in [5.41, 5.74) is 4.24. The topological polar surface area (TPSA) is 92.3 Å². The maximum atomic E-state index is 12.7. The van der Waals surface area contributed by atoms with Crippen molar-refractivity contribution in [3.63, 3.8) is 0 Å². The van der Waals surface area contributed by atoms with Gasteiger partial charge in [-0.05, 0) is 67.4 Å². The lowest BCUT2D eigenvalue weighted by molar-refractivity contribution is -0.114. The minimum atomic E-state index is -0.272. The number of hydrogen-bond donors (Lipinski definition) is 2. The van der Waals surface area contributed by atoms with Crippen LogP contribution in [-0.2, 0) is 11.2 Å². The minimum Gasteiger partial charge on any atom is -0.493 e. The van der Waals surface area contributed by atoms with Crippen LogP contribution in [0.4, 0.5) is 10.5 Å². The van der Waals surface area contributed by atoms with Crippen LogP contribution in [0.2, 0.25) is 0 Å². The normalized spacial score (nSPS) is 14.7. The van der Waals surface area contributed by atoms with E-state index in [0.29, 0.717) is 23.6 Å². The van der Waals surface area contributed by atoms with Gasteiger partial charge in [0.2, 0.25) is 5.91 Å². The summed E-state index contributed by atoms with van der Waals surface area (Å²) in [6.07, 6.45) is 0.610. The Bertz CT molecular complexity index is 1320. The summed E-state index contributed by atoms with van der Waals surface area (Å²) >= 11 is 1.62. The second-order valence-corrected chi connectivity index (χ2v) is 9.74. The van der Waals surface area contributed by atoms with Gasteiger partial charge in [0.15, 0.2) is 11.5 Å². The van der Waals surface area contributed by atoms with Gasteiger partial charge in [0.05, 0.1) is 26.0 Å². The van der Waals surface area contributed by atoms with E-state index in [4.69, 9.17) is 14.6 Å². The lowest BCUT2D eigenvalue weighted by Gasteiger charge is -2.22. The SMILES string of the molecule is CNC(=O)N1N=C(c2ccc(Sc3ccc(NC(C)=O)cc3)cc2)c2cc(OC)c(OC)cc2C[C@@H]1C. The Morgan fingerprint density at radius 1 is 0.973 bits per heavy atom. The first-order chi connectivity index (χ1) is 17.8. The van der Waals surface area contributed by atoms with Crippen LogP contribution < -0.4 is 20.1 Å². The molecule has 4 rings (SSSR count). The number of rotatable bonds is 6. The number of nitrogens with zero attached hydrogens (tertiary/aromatic N) is 2. The van der Waals surface area contributed by atoms with Gasteiger partial charge in [-0.15, -0.1) is 0 Å². The molecule has 9 heteroatoms. The molecule has 37 heavy (non-hydrogen) atoms. The molecule has 0 spiro atoms. The van der Waals surface area contributed by atoms with Gasteiger partial charge in [-0.3, -0.25) is 4.79 Å². The van der Waals surface area contributed by atoms with Gasteiger partial charge in [-0.1, -0.05) is 23.9 Å². The maximum Gasteiger partial charge on any atom is 0.337 e. The van der Waals surface area contributed by atoms with Crippen LogP contribution in [0.5, 0.6) is 11.5 Å². The molecule has 1 atom stereocenters. The molecule has 0 saturated heterocycles. The van der Waals surface area contributed by atoms with Crippen molar-refractivity contribution in [1.82, 2.24) is 10.3 Å². The number of amides is 3. The first-order valence-corrected chi connectivity index (χ1v) is 12.6. The summed E-state index contributed by atoms with van der Waals surface area (Å²) in [5.74, 6) is 1.14. The molecule has 0 bridgehead atoms.